The summed E-state index contributed by atoms with van der Waals surface area (Å²) >= 11 is 1.84. The predicted octanol–water partition coefficient (Wildman–Crippen LogP) is 1.51. The molecule has 15 heavy (non-hydrogen) atoms. The second-order valence-corrected chi connectivity index (χ2v) is 4.33. The lowest BCUT2D eigenvalue weighted by molar-refractivity contribution is 1.28. The molecule has 0 aliphatic carbocycles. The van der Waals surface area contributed by atoms with E-state index in [0.29, 0.717) is 0 Å². The molecule has 1 aromatic rings. The molecule has 1 rings (SSSR count). The van der Waals surface area contributed by atoms with Crippen LogP contribution in [0.2, 0.25) is 0 Å². The summed E-state index contributed by atoms with van der Waals surface area (Å²) in [6.45, 7) is 10.1. The number of hydrogen-bond donors (Lipinski definition) is 0. The molecule has 0 N–H and O–H groups in total. The molecule has 80 valence electrons. The van der Waals surface area contributed by atoms with Crippen molar-refractivity contribution in [3.63, 3.8) is 0 Å². The van der Waals surface area contributed by atoms with E-state index in [1.165, 1.54) is 19.5 Å². The quantitative estimate of drug-likeness (QED) is 0.706. The zero-order chi connectivity index (χ0) is 11.3. The summed E-state index contributed by atoms with van der Waals surface area (Å²) in [5, 5.41) is 2.67. The van der Waals surface area contributed by atoms with Crippen LogP contribution in [0.25, 0.3) is 24.3 Å². The second-order valence-electron chi connectivity index (χ2n) is 3.25. The summed E-state index contributed by atoms with van der Waals surface area (Å²) in [6.07, 6.45) is 11.7. The Morgan fingerprint density at radius 2 is 1.73 bits per heavy atom. The van der Waals surface area contributed by atoms with Crippen molar-refractivity contribution in [3.8, 4) is 0 Å². The van der Waals surface area contributed by atoms with Gasteiger partial charge in [0.25, 0.3) is 0 Å². The van der Waals surface area contributed by atoms with Crippen molar-refractivity contribution in [1.29, 1.82) is 0 Å². The Kier molecular flexibility index (Phi) is 4.57. The lowest BCUT2D eigenvalue weighted by atomic mass is 10.2. The molecule has 0 spiro atoms. The van der Waals surface area contributed by atoms with E-state index >= 15 is 0 Å². The van der Waals surface area contributed by atoms with Crippen LogP contribution < -0.4 is 19.5 Å². The van der Waals surface area contributed by atoms with Crippen LogP contribution in [-0.2, 0) is 0 Å². The van der Waals surface area contributed by atoms with E-state index < -0.39 is 0 Å². The van der Waals surface area contributed by atoms with Crippen molar-refractivity contribution in [3.05, 3.63) is 32.2 Å². The molecule has 0 saturated heterocycles. The van der Waals surface area contributed by atoms with Gasteiger partial charge in [0, 0.05) is 9.06 Å². The number of allylic oxidation sites excluding steroid dienone is 1. The van der Waals surface area contributed by atoms with Crippen LogP contribution in [0.15, 0.2) is 12.7 Å². The van der Waals surface area contributed by atoms with Gasteiger partial charge in [-0.3, -0.25) is 0 Å². The smallest absolute Gasteiger partial charge is 0.0312 e. The van der Waals surface area contributed by atoms with Crippen molar-refractivity contribution in [2.75, 3.05) is 0 Å². The van der Waals surface area contributed by atoms with Gasteiger partial charge in [-0.15, -0.1) is 11.3 Å². The zero-order valence-electron chi connectivity index (χ0n) is 9.71. The second kappa shape index (κ2) is 5.72. The Labute approximate surface area is 95.3 Å². The first-order valence-corrected chi connectivity index (χ1v) is 6.14. The third-order valence-electron chi connectivity index (χ3n) is 2.26. The third-order valence-corrected chi connectivity index (χ3v) is 3.61. The first-order valence-electron chi connectivity index (χ1n) is 5.32. The molecule has 1 heterocycles. The minimum Gasteiger partial charge on any atom is -0.136 e. The first kappa shape index (κ1) is 12.0. The van der Waals surface area contributed by atoms with E-state index in [2.05, 4.69) is 51.7 Å². The van der Waals surface area contributed by atoms with Gasteiger partial charge >= 0.3 is 0 Å². The standard InChI is InChI=1S/C14H18S/c1-5-9-11-12(10-6-2)14(8-4)15-13(11)7-3/h5,7-10H,1,6H2,2-4H3/b11-9-,12-10-,13-7+,14-8+. The van der Waals surface area contributed by atoms with Gasteiger partial charge in [-0.05, 0) is 30.7 Å². The monoisotopic (exact) mass is 218 g/mol. The van der Waals surface area contributed by atoms with Crippen molar-refractivity contribution < 1.29 is 0 Å². The molecule has 1 heteroatoms. The van der Waals surface area contributed by atoms with Crippen LogP contribution in [0.5, 0.6) is 0 Å². The molecule has 0 saturated carbocycles. The molecule has 0 radical (unpaired) electrons. The number of rotatable bonds is 2. The average molecular weight is 218 g/mol. The topological polar surface area (TPSA) is 0 Å². The van der Waals surface area contributed by atoms with Crippen molar-refractivity contribution >= 4 is 35.6 Å². The highest BCUT2D eigenvalue weighted by atomic mass is 32.1. The number of thiophene rings is 1. The zero-order valence-corrected chi connectivity index (χ0v) is 10.5. The summed E-state index contributed by atoms with van der Waals surface area (Å²) in [5.74, 6) is 0. The van der Waals surface area contributed by atoms with Crippen molar-refractivity contribution in [2.24, 2.45) is 0 Å². The SMILES string of the molecule is C=C/C=c1/c(=C/CC)/c(=C\C)s/c1=C/C. The van der Waals surface area contributed by atoms with E-state index in [-0.39, 0.29) is 0 Å². The van der Waals surface area contributed by atoms with E-state index in [0.717, 1.165) is 6.42 Å². The van der Waals surface area contributed by atoms with Gasteiger partial charge in [-0.25, -0.2) is 0 Å². The minimum absolute atomic E-state index is 1.07. The molecular weight excluding hydrogens is 200 g/mol. The number of hydrogen-bond acceptors (Lipinski definition) is 1. The van der Waals surface area contributed by atoms with Crippen LogP contribution in [-0.4, -0.2) is 0 Å². The predicted molar refractivity (Wildman–Crippen MR) is 72.5 cm³/mol. The molecular formula is C14H18S. The molecule has 0 aliphatic heterocycles. The molecule has 0 aromatic carbocycles. The molecule has 0 aliphatic rings. The van der Waals surface area contributed by atoms with E-state index in [4.69, 9.17) is 0 Å². The van der Waals surface area contributed by atoms with Crippen LogP contribution in [0.4, 0.5) is 0 Å². The van der Waals surface area contributed by atoms with Crippen LogP contribution in [0, 0.1) is 0 Å². The fourth-order valence-corrected chi connectivity index (χ4v) is 2.69. The van der Waals surface area contributed by atoms with Gasteiger partial charge < -0.3 is 0 Å². The minimum atomic E-state index is 1.07. The van der Waals surface area contributed by atoms with Gasteiger partial charge in [0.1, 0.15) is 0 Å². The van der Waals surface area contributed by atoms with Crippen molar-refractivity contribution in [1.82, 2.24) is 0 Å². The van der Waals surface area contributed by atoms with E-state index in [9.17, 15) is 0 Å². The van der Waals surface area contributed by atoms with Gasteiger partial charge in [0.15, 0.2) is 0 Å². The molecule has 0 amide bonds. The summed E-state index contributed by atoms with van der Waals surface area (Å²) in [5.41, 5.74) is 0. The Bertz CT molecular complexity index is 556. The normalized spacial score (nSPS) is 16.5. The maximum Gasteiger partial charge on any atom is 0.0312 e. The lowest BCUT2D eigenvalue weighted by Gasteiger charge is -1.81. The van der Waals surface area contributed by atoms with Crippen LogP contribution in [0.1, 0.15) is 27.2 Å². The average Bonchev–Trinajstić information content (AvgIpc) is 2.58. The molecule has 0 bridgehead atoms. The van der Waals surface area contributed by atoms with Gasteiger partial charge in [-0.2, -0.15) is 0 Å². The fourth-order valence-electron chi connectivity index (χ4n) is 1.63. The summed E-state index contributed by atoms with van der Waals surface area (Å²) < 4.78 is 2.70. The van der Waals surface area contributed by atoms with E-state index in [1.54, 1.807) is 0 Å². The molecule has 0 unspecified atom stereocenters. The largest absolute Gasteiger partial charge is 0.136 e. The van der Waals surface area contributed by atoms with E-state index in [1.807, 2.05) is 17.4 Å². The third kappa shape index (κ3) is 2.48. The van der Waals surface area contributed by atoms with Crippen molar-refractivity contribution in [2.45, 2.75) is 27.2 Å². The summed E-state index contributed by atoms with van der Waals surface area (Å²) in [7, 11) is 0. The lowest BCUT2D eigenvalue weighted by Crippen LogP contribution is -2.37. The van der Waals surface area contributed by atoms with Gasteiger partial charge in [0.05, 0.1) is 0 Å². The maximum atomic E-state index is 3.78. The molecule has 1 aromatic heterocycles. The van der Waals surface area contributed by atoms with Gasteiger partial charge in [-0.1, -0.05) is 43.9 Å². The Hall–Kier alpha value is -1.08. The Balaban J connectivity index is 3.92. The van der Waals surface area contributed by atoms with Crippen LogP contribution >= 0.6 is 11.3 Å². The van der Waals surface area contributed by atoms with Gasteiger partial charge in [0.2, 0.25) is 0 Å². The van der Waals surface area contributed by atoms with Crippen LogP contribution in [0.3, 0.4) is 0 Å². The summed E-state index contributed by atoms with van der Waals surface area (Å²) in [6, 6.07) is 0. The molecule has 0 nitrogen and oxygen atoms in total. The Morgan fingerprint density at radius 1 is 1.13 bits per heavy atom. The highest BCUT2D eigenvalue weighted by Gasteiger charge is 1.93. The highest BCUT2D eigenvalue weighted by molar-refractivity contribution is 7.07. The maximum absolute atomic E-state index is 3.78. The fraction of sp³-hybridized carbons (Fsp3) is 0.286. The summed E-state index contributed by atoms with van der Waals surface area (Å²) in [4.78, 5) is 0. The first-order chi connectivity index (χ1) is 7.28. The highest BCUT2D eigenvalue weighted by Crippen LogP contribution is 1.76. The molecule has 0 fully saturated rings. The Morgan fingerprint density at radius 3 is 2.20 bits per heavy atom. The molecule has 0 atom stereocenters.